The van der Waals surface area contributed by atoms with Gasteiger partial charge in [0, 0.05) is 6.42 Å². The van der Waals surface area contributed by atoms with Crippen molar-refractivity contribution in [3.63, 3.8) is 0 Å². The summed E-state index contributed by atoms with van der Waals surface area (Å²) >= 11 is 0. The highest BCUT2D eigenvalue weighted by atomic mass is 16.7. The van der Waals surface area contributed by atoms with Gasteiger partial charge in [0.05, 0.1) is 32.0 Å². The van der Waals surface area contributed by atoms with Crippen molar-refractivity contribution in [1.82, 2.24) is 5.32 Å². The van der Waals surface area contributed by atoms with Crippen LogP contribution < -0.4 is 5.32 Å². The summed E-state index contributed by atoms with van der Waals surface area (Å²) in [5.41, 5.74) is 0. The first-order chi connectivity index (χ1) is 43.1. The molecule has 12 atom stereocenters. The first-order valence-electron chi connectivity index (χ1n) is 36.5. The van der Waals surface area contributed by atoms with Crippen molar-refractivity contribution in [3.05, 3.63) is 60.8 Å². The molecule has 2 aliphatic heterocycles. The summed E-state index contributed by atoms with van der Waals surface area (Å²) in [5, 5.41) is 87.4. The number of ether oxygens (including phenoxy) is 4. The molecule has 88 heavy (non-hydrogen) atoms. The van der Waals surface area contributed by atoms with Crippen LogP contribution in [0.15, 0.2) is 60.8 Å². The number of carbonyl (C=O) groups is 1. The monoisotopic (exact) mass is 1250 g/mol. The first-order valence-corrected chi connectivity index (χ1v) is 36.5. The Morgan fingerprint density at radius 3 is 1.18 bits per heavy atom. The number of aliphatic hydroxyl groups excluding tert-OH is 8. The van der Waals surface area contributed by atoms with Crippen molar-refractivity contribution < 1.29 is 64.6 Å². The van der Waals surface area contributed by atoms with E-state index in [4.69, 9.17) is 18.9 Å². The van der Waals surface area contributed by atoms with Crippen molar-refractivity contribution in [3.8, 4) is 0 Å². The fourth-order valence-corrected chi connectivity index (χ4v) is 11.8. The minimum absolute atomic E-state index is 0.249. The molecule has 2 rings (SSSR count). The Hall–Kier alpha value is -2.31. The Bertz CT molecular complexity index is 1710. The topological polar surface area (TPSA) is 228 Å². The number of nitrogens with one attached hydrogen (secondary N) is 1. The molecule has 0 bridgehead atoms. The molecule has 12 unspecified atom stereocenters. The quantitative estimate of drug-likeness (QED) is 0.0204. The lowest BCUT2D eigenvalue weighted by molar-refractivity contribution is -0.359. The van der Waals surface area contributed by atoms with Crippen LogP contribution >= 0.6 is 0 Å². The van der Waals surface area contributed by atoms with Gasteiger partial charge < -0.3 is 65.1 Å². The lowest BCUT2D eigenvalue weighted by Gasteiger charge is -2.46. The maximum absolute atomic E-state index is 13.3. The van der Waals surface area contributed by atoms with E-state index in [0.29, 0.717) is 12.8 Å². The maximum atomic E-state index is 13.3. The van der Waals surface area contributed by atoms with Crippen LogP contribution in [-0.2, 0) is 23.7 Å². The van der Waals surface area contributed by atoms with E-state index >= 15 is 0 Å². The summed E-state index contributed by atoms with van der Waals surface area (Å²) < 4.78 is 22.8. The van der Waals surface area contributed by atoms with Gasteiger partial charge in [-0.2, -0.15) is 0 Å². The van der Waals surface area contributed by atoms with E-state index < -0.39 is 86.8 Å². The van der Waals surface area contributed by atoms with Gasteiger partial charge in [0.15, 0.2) is 12.6 Å². The smallest absolute Gasteiger partial charge is 0.220 e. The first kappa shape index (κ1) is 81.8. The molecule has 14 heteroatoms. The third kappa shape index (κ3) is 42.0. The molecule has 2 aliphatic rings. The molecule has 0 aromatic carbocycles. The minimum Gasteiger partial charge on any atom is -0.394 e. The Morgan fingerprint density at radius 1 is 0.409 bits per heavy atom. The molecule has 0 aromatic heterocycles. The highest BCUT2D eigenvalue weighted by Crippen LogP contribution is 2.30. The summed E-state index contributed by atoms with van der Waals surface area (Å²) in [5.74, 6) is -0.249. The fourth-order valence-electron chi connectivity index (χ4n) is 11.8. The van der Waals surface area contributed by atoms with E-state index in [1.165, 1.54) is 225 Å². The molecule has 2 fully saturated rings. The number of unbranched alkanes of at least 4 members (excludes halogenated alkanes) is 39. The van der Waals surface area contributed by atoms with Crippen LogP contribution in [0.3, 0.4) is 0 Å². The number of carbonyl (C=O) groups excluding carboxylic acids is 1. The molecule has 2 heterocycles. The Balaban J connectivity index is 1.65. The minimum atomic E-state index is -1.79. The lowest BCUT2D eigenvalue weighted by Crippen LogP contribution is -2.65. The number of amides is 1. The zero-order chi connectivity index (χ0) is 63.8. The molecule has 0 aliphatic carbocycles. The van der Waals surface area contributed by atoms with Crippen molar-refractivity contribution in [1.29, 1.82) is 0 Å². The lowest BCUT2D eigenvalue weighted by atomic mass is 9.97. The summed E-state index contributed by atoms with van der Waals surface area (Å²) in [6.45, 7) is 2.80. The molecule has 1 amide bonds. The SMILES string of the molecule is CCCCCCC/C=C\C/C=C\CCCCCCCCCCCCCCCCCCCCCCCC(=O)NC(COC1OC(CO)C(OC2OC(CO)C(O)C(O)C2O)C(O)C1O)C(O)/C=C/CC/C=C/CC/C=C/CCCCCCCCCCCCC. The van der Waals surface area contributed by atoms with E-state index in [2.05, 4.69) is 67.8 Å². The predicted molar refractivity (Wildman–Crippen MR) is 360 cm³/mol. The summed E-state index contributed by atoms with van der Waals surface area (Å²) in [6.07, 6.45) is 61.5. The molecular formula is C74H135NO13. The molecular weight excluding hydrogens is 1110 g/mol. The van der Waals surface area contributed by atoms with Gasteiger partial charge in [0.25, 0.3) is 0 Å². The Kier molecular flexibility index (Phi) is 54.4. The van der Waals surface area contributed by atoms with Gasteiger partial charge in [-0.1, -0.05) is 286 Å². The van der Waals surface area contributed by atoms with Crippen LogP contribution in [0, 0.1) is 0 Å². The normalized spacial score (nSPS) is 23.5. The van der Waals surface area contributed by atoms with Crippen molar-refractivity contribution in [2.45, 2.75) is 383 Å². The van der Waals surface area contributed by atoms with Crippen LogP contribution in [0.1, 0.15) is 309 Å². The van der Waals surface area contributed by atoms with Gasteiger partial charge in [-0.15, -0.1) is 0 Å². The average molecular weight is 1250 g/mol. The standard InChI is InChI=1S/C74H135NO13/c1-3-5-7-9-11-13-15-17-19-21-23-25-26-27-28-29-30-31-32-33-34-35-36-38-40-42-44-46-48-50-52-54-56-58-66(79)75-62(63(78)57-55-53-51-49-47-45-43-41-39-37-24-22-20-18-16-14-12-10-8-6-4-2)61-85-73-71(84)69(82)72(65(60-77)87-73)88-74-70(83)68(81)67(80)64(59-76)86-74/h15,17,21,23,39,41,47,49,55,57,62-65,67-74,76-78,80-84H,3-14,16,18-20,22,24-38,40,42-46,48,50-54,56,58-61H2,1-2H3,(H,75,79)/b17-15-,23-21-,41-39+,49-47+,57-55+. The van der Waals surface area contributed by atoms with Crippen LogP contribution in [0.2, 0.25) is 0 Å². The van der Waals surface area contributed by atoms with Crippen molar-refractivity contribution in [2.75, 3.05) is 19.8 Å². The van der Waals surface area contributed by atoms with Crippen molar-refractivity contribution in [2.24, 2.45) is 0 Å². The van der Waals surface area contributed by atoms with E-state index in [9.17, 15) is 45.6 Å². The molecule has 0 spiro atoms. The number of rotatable bonds is 60. The van der Waals surface area contributed by atoms with Gasteiger partial charge in [-0.05, 0) is 77.0 Å². The molecule has 14 nitrogen and oxygen atoms in total. The van der Waals surface area contributed by atoms with Crippen LogP contribution in [-0.4, -0.2) is 140 Å². The number of hydrogen-bond acceptors (Lipinski definition) is 13. The fraction of sp³-hybridized carbons (Fsp3) is 0.851. The molecule has 0 saturated carbocycles. The average Bonchev–Trinajstić information content (AvgIpc) is 2.07. The highest BCUT2D eigenvalue weighted by molar-refractivity contribution is 5.76. The number of hydrogen-bond donors (Lipinski definition) is 9. The molecule has 514 valence electrons. The van der Waals surface area contributed by atoms with E-state index in [1.54, 1.807) is 6.08 Å². The number of aliphatic hydroxyl groups is 8. The zero-order valence-electron chi connectivity index (χ0n) is 56.0. The molecule has 2 saturated heterocycles. The van der Waals surface area contributed by atoms with Gasteiger partial charge in [-0.3, -0.25) is 4.79 Å². The zero-order valence-corrected chi connectivity index (χ0v) is 56.0. The number of allylic oxidation sites excluding steroid dienone is 9. The highest BCUT2D eigenvalue weighted by Gasteiger charge is 2.51. The second-order valence-corrected chi connectivity index (χ2v) is 25.7. The van der Waals surface area contributed by atoms with E-state index in [0.717, 1.165) is 51.4 Å². The summed E-state index contributed by atoms with van der Waals surface area (Å²) in [6, 6.07) is -0.939. The second kappa shape index (κ2) is 58.5. The van der Waals surface area contributed by atoms with Crippen LogP contribution in [0.5, 0.6) is 0 Å². The maximum Gasteiger partial charge on any atom is 0.220 e. The van der Waals surface area contributed by atoms with Gasteiger partial charge >= 0.3 is 0 Å². The Morgan fingerprint density at radius 2 is 0.761 bits per heavy atom. The second-order valence-electron chi connectivity index (χ2n) is 25.7. The Labute approximate surface area is 536 Å². The van der Waals surface area contributed by atoms with Crippen molar-refractivity contribution >= 4 is 5.91 Å². The molecule has 0 radical (unpaired) electrons. The third-order valence-corrected chi connectivity index (χ3v) is 17.7. The van der Waals surface area contributed by atoms with Gasteiger partial charge in [0.2, 0.25) is 5.91 Å². The van der Waals surface area contributed by atoms with Gasteiger partial charge in [0.1, 0.15) is 48.8 Å². The summed E-state index contributed by atoms with van der Waals surface area (Å²) in [4.78, 5) is 13.3. The molecule has 0 aromatic rings. The predicted octanol–water partition coefficient (Wildman–Crippen LogP) is 15.2. The summed E-state index contributed by atoms with van der Waals surface area (Å²) in [7, 11) is 0. The molecule has 9 N–H and O–H groups in total. The largest absolute Gasteiger partial charge is 0.394 e. The van der Waals surface area contributed by atoms with Gasteiger partial charge in [-0.25, -0.2) is 0 Å². The van der Waals surface area contributed by atoms with Crippen LogP contribution in [0.25, 0.3) is 0 Å². The third-order valence-electron chi connectivity index (χ3n) is 17.7. The van der Waals surface area contributed by atoms with E-state index in [-0.39, 0.29) is 18.9 Å². The van der Waals surface area contributed by atoms with Crippen LogP contribution in [0.4, 0.5) is 0 Å². The van der Waals surface area contributed by atoms with E-state index in [1.807, 2.05) is 6.08 Å².